The fraction of sp³-hybridized carbons (Fsp3) is 0. The molecule has 0 aromatic carbocycles. The zero-order valence-corrected chi connectivity index (χ0v) is 22.0. The second-order valence-corrected chi connectivity index (χ2v) is 6.43. The van der Waals surface area contributed by atoms with Crippen molar-refractivity contribution in [3.63, 3.8) is 0 Å². The summed E-state index contributed by atoms with van der Waals surface area (Å²) < 4.78 is 0. The van der Waals surface area contributed by atoms with Gasteiger partial charge >= 0.3 is 19.5 Å². The second-order valence-electron chi connectivity index (χ2n) is 6.43. The summed E-state index contributed by atoms with van der Waals surface area (Å²) in [5.74, 6) is 3.32. The third-order valence-corrected chi connectivity index (χ3v) is 3.99. The van der Waals surface area contributed by atoms with E-state index in [4.69, 9.17) is 0 Å². The van der Waals surface area contributed by atoms with Crippen molar-refractivity contribution >= 4 is 37.3 Å². The normalized spacial score (nSPS) is 24.0. The van der Waals surface area contributed by atoms with Gasteiger partial charge in [-0.05, 0) is 0 Å². The van der Waals surface area contributed by atoms with E-state index in [9.17, 15) is 0 Å². The van der Waals surface area contributed by atoms with E-state index in [1.807, 2.05) is 0 Å². The molecule has 6 rings (SSSR count). The average Bonchev–Trinajstić information content (AvgIpc) is 3.01. The van der Waals surface area contributed by atoms with Crippen molar-refractivity contribution in [2.24, 2.45) is 30.0 Å². The first-order valence-corrected chi connectivity index (χ1v) is 10.5. The van der Waals surface area contributed by atoms with Gasteiger partial charge in [-0.15, -0.1) is 0 Å². The molecule has 6 aliphatic rings. The number of nitrogens with zero attached hydrogens (tertiary/aromatic N) is 12. The Morgan fingerprint density at radius 2 is 0.474 bits per heavy atom. The van der Waals surface area contributed by atoms with Crippen LogP contribution in [0.25, 0.3) is 31.9 Å². The van der Waals surface area contributed by atoms with Crippen LogP contribution in [0, 0.1) is 0 Å². The van der Waals surface area contributed by atoms with Crippen molar-refractivity contribution < 1.29 is 31.9 Å². The molecule has 0 aromatic rings. The van der Waals surface area contributed by atoms with E-state index in [1.54, 1.807) is 111 Å². The van der Waals surface area contributed by atoms with Crippen LogP contribution in [-0.2, 0) is 19.5 Å². The van der Waals surface area contributed by atoms with Crippen LogP contribution in [0.4, 0.5) is 0 Å². The Labute approximate surface area is 239 Å². The van der Waals surface area contributed by atoms with Crippen LogP contribution in [0.5, 0.6) is 0 Å². The van der Waals surface area contributed by atoms with Crippen molar-refractivity contribution in [2.45, 2.75) is 0 Å². The molecular weight excluding hydrogens is 593 g/mol. The van der Waals surface area contributed by atoms with Crippen molar-refractivity contribution in [3.05, 3.63) is 140 Å². The largest absolute Gasteiger partial charge is 8.00 e. The Balaban J connectivity index is 0.000000195. The maximum absolute atomic E-state index is 4.01. The van der Waals surface area contributed by atoms with Crippen LogP contribution >= 0.6 is 0 Å². The molecule has 188 valence electrons. The van der Waals surface area contributed by atoms with E-state index in [1.165, 1.54) is 0 Å². The van der Waals surface area contributed by atoms with Crippen LogP contribution in [0.15, 0.2) is 139 Å². The minimum Gasteiger partial charge on any atom is -1.00 e. The van der Waals surface area contributed by atoms with Crippen LogP contribution in [0.3, 0.4) is 0 Å². The number of allylic oxidation sites excluding steroid dienone is 6. The molecule has 0 N–H and O–H groups in total. The summed E-state index contributed by atoms with van der Waals surface area (Å²) in [6.07, 6.45) is 30.5. The van der Waals surface area contributed by atoms with E-state index >= 15 is 0 Å². The van der Waals surface area contributed by atoms with E-state index in [0.29, 0.717) is 34.9 Å². The third kappa shape index (κ3) is 9.45. The number of rotatable bonds is 0. The van der Waals surface area contributed by atoms with Crippen molar-refractivity contribution in [3.8, 4) is 0 Å². The number of hydrogen-bond donors (Lipinski definition) is 0. The first kappa shape index (κ1) is 29.6. The third-order valence-electron chi connectivity index (χ3n) is 3.99. The van der Waals surface area contributed by atoms with Gasteiger partial charge in [-0.2, -0.15) is 0 Å². The Morgan fingerprint density at radius 3 is 0.579 bits per heavy atom. The van der Waals surface area contributed by atoms with Crippen LogP contribution in [0.1, 0.15) is 0 Å². The minimum absolute atomic E-state index is 0. The number of hydrogen-bond acceptors (Lipinski definition) is 6. The maximum atomic E-state index is 4.01. The molecule has 0 bridgehead atoms. The van der Waals surface area contributed by atoms with Crippen LogP contribution < -0.4 is 12.4 Å². The molecule has 6 heterocycles. The smallest absolute Gasteiger partial charge is 1.00 e. The molecule has 0 aromatic heterocycles. The van der Waals surface area contributed by atoms with Crippen molar-refractivity contribution in [1.29, 1.82) is 0 Å². The fourth-order valence-electron chi connectivity index (χ4n) is 2.49. The molecular formula is C24H18ClN12Ru+. The SMILES string of the molecule is C1=C[N-]C(=C2N=CC=C[N-]2)N=C1.C1=C[N-]C(=C2N=CC=C[N-]2)N=C1.C1=C[N-]C(=C2N=CC=C[N-]2)N=C1.[Cl-].[Ru+8]. The maximum Gasteiger partial charge on any atom is 8.00 e. The van der Waals surface area contributed by atoms with Gasteiger partial charge in [-0.1, -0.05) is 146 Å². The molecule has 0 atom stereocenters. The Hall–Kier alpha value is -4.61. The molecule has 0 amide bonds. The van der Waals surface area contributed by atoms with Crippen molar-refractivity contribution in [2.75, 3.05) is 0 Å². The first-order valence-electron chi connectivity index (χ1n) is 10.5. The molecule has 14 heteroatoms. The van der Waals surface area contributed by atoms with Gasteiger partial charge in [0.05, 0.1) is 0 Å². The van der Waals surface area contributed by atoms with Gasteiger partial charge < -0.3 is 74.3 Å². The molecule has 0 aliphatic carbocycles. The monoisotopic (exact) mass is 611 g/mol. The van der Waals surface area contributed by atoms with E-state index in [2.05, 4.69) is 61.9 Å². The Bertz CT molecular complexity index is 1030. The summed E-state index contributed by atoms with van der Waals surface area (Å²) in [4.78, 5) is 24.1. The summed E-state index contributed by atoms with van der Waals surface area (Å²) in [5, 5.41) is 24.1. The standard InChI is InChI=1S/3C8H6N4.ClH.Ru/c3*1-3-9-7(10-4-1)8-11-5-2-6-12-8;;/h3*1-6H;1H;/q3*-2;;+8/p-1. The fourth-order valence-corrected chi connectivity index (χ4v) is 2.49. The summed E-state index contributed by atoms with van der Waals surface area (Å²) in [7, 11) is 0. The van der Waals surface area contributed by atoms with Crippen molar-refractivity contribution in [1.82, 2.24) is 0 Å². The van der Waals surface area contributed by atoms with Gasteiger partial charge in [-0.25, -0.2) is 0 Å². The van der Waals surface area contributed by atoms with Gasteiger partial charge in [0.15, 0.2) is 0 Å². The Morgan fingerprint density at radius 1 is 0.316 bits per heavy atom. The zero-order valence-electron chi connectivity index (χ0n) is 19.5. The summed E-state index contributed by atoms with van der Waals surface area (Å²) in [6, 6.07) is 0. The average molecular weight is 611 g/mol. The molecule has 38 heavy (non-hydrogen) atoms. The quantitative estimate of drug-likeness (QED) is 0.369. The summed E-state index contributed by atoms with van der Waals surface area (Å²) in [5.41, 5.74) is 0. The van der Waals surface area contributed by atoms with E-state index in [0.717, 1.165) is 0 Å². The minimum atomic E-state index is 0. The zero-order chi connectivity index (χ0) is 24.7. The summed E-state index contributed by atoms with van der Waals surface area (Å²) >= 11 is 0. The second kappa shape index (κ2) is 17.0. The van der Waals surface area contributed by atoms with E-state index in [-0.39, 0.29) is 31.9 Å². The molecule has 12 nitrogen and oxygen atoms in total. The van der Waals surface area contributed by atoms with E-state index < -0.39 is 0 Å². The molecule has 0 radical (unpaired) electrons. The predicted molar refractivity (Wildman–Crippen MR) is 147 cm³/mol. The van der Waals surface area contributed by atoms with Gasteiger partial charge in [0.25, 0.3) is 0 Å². The molecule has 6 aliphatic heterocycles. The Kier molecular flexibility index (Phi) is 13.2. The van der Waals surface area contributed by atoms with Gasteiger partial charge in [-0.3, -0.25) is 0 Å². The number of halogens is 1. The molecule has 0 spiro atoms. The van der Waals surface area contributed by atoms with Gasteiger partial charge in [0.1, 0.15) is 0 Å². The molecule has 0 saturated carbocycles. The van der Waals surface area contributed by atoms with Crippen LogP contribution in [0.2, 0.25) is 0 Å². The summed E-state index contributed by atoms with van der Waals surface area (Å²) in [6.45, 7) is 0. The molecule has 0 unspecified atom stereocenters. The molecule has 0 saturated heterocycles. The molecule has 0 fully saturated rings. The predicted octanol–water partition coefficient (Wildman–Crippen LogP) is 3.17. The van der Waals surface area contributed by atoms with Gasteiger partial charge in [0, 0.05) is 0 Å². The number of aliphatic imine (C=N–C) groups is 6. The van der Waals surface area contributed by atoms with Crippen LogP contribution in [-0.4, -0.2) is 37.3 Å². The van der Waals surface area contributed by atoms with Gasteiger partial charge in [0.2, 0.25) is 0 Å². The topological polar surface area (TPSA) is 159 Å². The first-order chi connectivity index (χ1) is 17.9.